The molecule has 1 saturated heterocycles. The predicted octanol–water partition coefficient (Wildman–Crippen LogP) is 1.47. The molecule has 2 atom stereocenters. The van der Waals surface area contributed by atoms with Crippen LogP contribution < -0.4 is 5.32 Å². The summed E-state index contributed by atoms with van der Waals surface area (Å²) in [6.45, 7) is 0.206. The quantitative estimate of drug-likeness (QED) is 0.820. The third-order valence-electron chi connectivity index (χ3n) is 2.96. The van der Waals surface area contributed by atoms with E-state index >= 15 is 0 Å². The Morgan fingerprint density at radius 1 is 1.26 bits per heavy atom. The van der Waals surface area contributed by atoms with E-state index in [4.69, 9.17) is 9.84 Å². The van der Waals surface area contributed by atoms with Crippen molar-refractivity contribution in [2.24, 2.45) is 0 Å². The van der Waals surface area contributed by atoms with E-state index in [0.29, 0.717) is 18.4 Å². The molecule has 1 aliphatic rings. The summed E-state index contributed by atoms with van der Waals surface area (Å²) in [7, 11) is 0. The highest BCUT2D eigenvalue weighted by molar-refractivity contribution is 5.89. The summed E-state index contributed by atoms with van der Waals surface area (Å²) in [5.74, 6) is -1.23. The Bertz CT molecular complexity index is 438. The highest BCUT2D eigenvalue weighted by Gasteiger charge is 2.29. The van der Waals surface area contributed by atoms with Gasteiger partial charge in [-0.3, -0.25) is 10.1 Å². The van der Waals surface area contributed by atoms with Crippen molar-refractivity contribution < 1.29 is 19.4 Å². The van der Waals surface area contributed by atoms with Crippen LogP contribution in [0.15, 0.2) is 30.3 Å². The second-order valence-corrected chi connectivity index (χ2v) is 4.30. The molecule has 0 aliphatic carbocycles. The molecule has 0 saturated carbocycles. The number of carbonyl (C=O) groups excluding carboxylic acids is 1. The fourth-order valence-corrected chi connectivity index (χ4v) is 1.98. The highest BCUT2D eigenvalue weighted by atomic mass is 35.5. The monoisotopic (exact) mass is 285 g/mol. The summed E-state index contributed by atoms with van der Waals surface area (Å²) in [4.78, 5) is 22.4. The summed E-state index contributed by atoms with van der Waals surface area (Å²) in [5, 5.41) is 11.7. The average Bonchev–Trinajstić information content (AvgIpc) is 2.86. The van der Waals surface area contributed by atoms with Crippen molar-refractivity contribution in [3.05, 3.63) is 35.9 Å². The van der Waals surface area contributed by atoms with Gasteiger partial charge in [-0.2, -0.15) is 0 Å². The van der Waals surface area contributed by atoms with Gasteiger partial charge in [-0.15, -0.1) is 12.4 Å². The van der Waals surface area contributed by atoms with Crippen molar-refractivity contribution in [3.8, 4) is 0 Å². The number of nitrogens with one attached hydrogen (secondary N) is 1. The highest BCUT2D eigenvalue weighted by Crippen LogP contribution is 2.13. The number of hydrogen-bond donors (Lipinski definition) is 2. The average molecular weight is 286 g/mol. The minimum Gasteiger partial charge on any atom is -0.480 e. The number of rotatable bonds is 4. The number of carboxylic acids is 1. The van der Waals surface area contributed by atoms with Gasteiger partial charge >= 0.3 is 11.9 Å². The van der Waals surface area contributed by atoms with E-state index in [1.54, 1.807) is 24.3 Å². The van der Waals surface area contributed by atoms with Gasteiger partial charge in [-0.05, 0) is 25.0 Å². The van der Waals surface area contributed by atoms with Crippen LogP contribution in [0.25, 0.3) is 0 Å². The molecular formula is C13H16ClNO4. The molecule has 1 aliphatic heterocycles. The zero-order chi connectivity index (χ0) is 13.0. The smallest absolute Gasteiger partial charge is 0.338 e. The first-order valence-corrected chi connectivity index (χ1v) is 5.88. The van der Waals surface area contributed by atoms with Crippen molar-refractivity contribution in [1.82, 2.24) is 5.32 Å². The molecule has 2 N–H and O–H groups in total. The number of hydrogen-bond acceptors (Lipinski definition) is 4. The third-order valence-corrected chi connectivity index (χ3v) is 2.96. The van der Waals surface area contributed by atoms with Gasteiger partial charge in [0.15, 0.2) is 0 Å². The lowest BCUT2D eigenvalue weighted by Gasteiger charge is -2.12. The minimum absolute atomic E-state index is 0. The maximum absolute atomic E-state index is 11.7. The van der Waals surface area contributed by atoms with E-state index in [-0.39, 0.29) is 31.0 Å². The van der Waals surface area contributed by atoms with Gasteiger partial charge in [-0.25, -0.2) is 4.79 Å². The second kappa shape index (κ2) is 7.11. The largest absolute Gasteiger partial charge is 0.480 e. The zero-order valence-electron chi connectivity index (χ0n) is 10.2. The van der Waals surface area contributed by atoms with Gasteiger partial charge in [0, 0.05) is 6.04 Å². The molecule has 19 heavy (non-hydrogen) atoms. The first-order chi connectivity index (χ1) is 8.66. The Morgan fingerprint density at radius 3 is 2.53 bits per heavy atom. The van der Waals surface area contributed by atoms with Crippen LogP contribution in [0.2, 0.25) is 0 Å². The molecular weight excluding hydrogens is 270 g/mol. The Balaban J connectivity index is 0.00000180. The summed E-state index contributed by atoms with van der Waals surface area (Å²) < 4.78 is 5.15. The van der Waals surface area contributed by atoms with E-state index in [9.17, 15) is 9.59 Å². The minimum atomic E-state index is -0.855. The van der Waals surface area contributed by atoms with Crippen molar-refractivity contribution in [2.75, 3.05) is 6.61 Å². The fraction of sp³-hybridized carbons (Fsp3) is 0.385. The molecule has 0 aromatic heterocycles. The summed E-state index contributed by atoms with van der Waals surface area (Å²) >= 11 is 0. The van der Waals surface area contributed by atoms with Crippen LogP contribution >= 0.6 is 12.4 Å². The lowest BCUT2D eigenvalue weighted by atomic mass is 10.2. The SMILES string of the molecule is Cl.O=C(OC[C@H]1CCC(C(=O)O)N1)c1ccccc1. The number of esters is 1. The first kappa shape index (κ1) is 15.5. The van der Waals surface area contributed by atoms with Gasteiger partial charge < -0.3 is 9.84 Å². The van der Waals surface area contributed by atoms with Crippen LogP contribution in [-0.2, 0) is 9.53 Å². The Morgan fingerprint density at radius 2 is 1.95 bits per heavy atom. The number of halogens is 1. The predicted molar refractivity (Wildman–Crippen MR) is 71.6 cm³/mol. The van der Waals surface area contributed by atoms with E-state index < -0.39 is 12.0 Å². The molecule has 104 valence electrons. The van der Waals surface area contributed by atoms with E-state index in [0.717, 1.165) is 0 Å². The number of aliphatic carboxylic acids is 1. The number of ether oxygens (including phenoxy) is 1. The van der Waals surface area contributed by atoms with Crippen molar-refractivity contribution in [3.63, 3.8) is 0 Å². The molecule has 5 nitrogen and oxygen atoms in total. The third kappa shape index (κ3) is 4.22. The standard InChI is InChI=1S/C13H15NO4.ClH/c15-12(16)11-7-6-10(14-11)8-18-13(17)9-4-2-1-3-5-9;/h1-5,10-11,14H,6-8H2,(H,15,16);1H/t10-,11?;/m1./s1. The molecule has 0 amide bonds. The molecule has 0 radical (unpaired) electrons. The Hall–Kier alpha value is -1.59. The summed E-state index contributed by atoms with van der Waals surface area (Å²) in [6.07, 6.45) is 1.28. The van der Waals surface area contributed by atoms with E-state index in [1.807, 2.05) is 6.07 Å². The van der Waals surface area contributed by atoms with Gasteiger partial charge in [-0.1, -0.05) is 18.2 Å². The molecule has 0 bridgehead atoms. The van der Waals surface area contributed by atoms with Crippen LogP contribution in [0.1, 0.15) is 23.2 Å². The Labute approximate surface area is 117 Å². The molecule has 6 heteroatoms. The molecule has 1 aromatic carbocycles. The molecule has 2 rings (SSSR count). The van der Waals surface area contributed by atoms with Crippen LogP contribution in [0.4, 0.5) is 0 Å². The molecule has 0 spiro atoms. The van der Waals surface area contributed by atoms with Crippen molar-refractivity contribution in [2.45, 2.75) is 24.9 Å². The first-order valence-electron chi connectivity index (χ1n) is 5.88. The second-order valence-electron chi connectivity index (χ2n) is 4.30. The number of carbonyl (C=O) groups is 2. The fourth-order valence-electron chi connectivity index (χ4n) is 1.98. The lowest BCUT2D eigenvalue weighted by molar-refractivity contribution is -0.139. The molecule has 1 fully saturated rings. The van der Waals surface area contributed by atoms with E-state index in [1.165, 1.54) is 0 Å². The van der Waals surface area contributed by atoms with Gasteiger partial charge in [0.2, 0.25) is 0 Å². The molecule has 1 heterocycles. The number of benzene rings is 1. The van der Waals surface area contributed by atoms with Crippen LogP contribution in [0.5, 0.6) is 0 Å². The topological polar surface area (TPSA) is 75.6 Å². The van der Waals surface area contributed by atoms with Gasteiger partial charge in [0.25, 0.3) is 0 Å². The molecule has 1 aromatic rings. The van der Waals surface area contributed by atoms with Crippen LogP contribution in [-0.4, -0.2) is 35.7 Å². The van der Waals surface area contributed by atoms with Gasteiger partial charge in [0.1, 0.15) is 12.6 Å². The summed E-state index contributed by atoms with van der Waals surface area (Å²) in [5.41, 5.74) is 0.505. The van der Waals surface area contributed by atoms with Crippen molar-refractivity contribution >= 4 is 24.3 Å². The van der Waals surface area contributed by atoms with Crippen LogP contribution in [0, 0.1) is 0 Å². The van der Waals surface area contributed by atoms with Crippen LogP contribution in [0.3, 0.4) is 0 Å². The van der Waals surface area contributed by atoms with Gasteiger partial charge in [0.05, 0.1) is 5.56 Å². The normalized spacial score (nSPS) is 21.5. The summed E-state index contributed by atoms with van der Waals surface area (Å²) in [6, 6.07) is 8.14. The van der Waals surface area contributed by atoms with Crippen molar-refractivity contribution in [1.29, 1.82) is 0 Å². The van der Waals surface area contributed by atoms with E-state index in [2.05, 4.69) is 5.32 Å². The number of carboxylic acid groups (broad SMARTS) is 1. The maximum atomic E-state index is 11.7. The Kier molecular flexibility index (Phi) is 5.79. The maximum Gasteiger partial charge on any atom is 0.338 e. The molecule has 1 unspecified atom stereocenters. The zero-order valence-corrected chi connectivity index (χ0v) is 11.1. The lowest BCUT2D eigenvalue weighted by Crippen LogP contribution is -2.37.